The Kier molecular flexibility index (Phi) is 6.50. The molecule has 0 bridgehead atoms. The van der Waals surface area contributed by atoms with Crippen LogP contribution < -0.4 is 0 Å². The lowest BCUT2D eigenvalue weighted by atomic mass is 9.79. The van der Waals surface area contributed by atoms with Crippen LogP contribution >= 0.6 is 0 Å². The molecule has 1 fully saturated rings. The molecule has 0 aromatic heterocycles. The first-order valence-electron chi connectivity index (χ1n) is 13.0. The molecular formula is C31H32F4. The van der Waals surface area contributed by atoms with Crippen molar-refractivity contribution in [3.63, 3.8) is 0 Å². The molecule has 3 aromatic rings. The summed E-state index contributed by atoms with van der Waals surface area (Å²) < 4.78 is 60.8. The number of hydrogen-bond acceptors (Lipinski definition) is 0. The van der Waals surface area contributed by atoms with Gasteiger partial charge in [0.15, 0.2) is 23.3 Å². The minimum absolute atomic E-state index is 0.110. The third-order valence-corrected chi connectivity index (χ3v) is 8.37. The van der Waals surface area contributed by atoms with Gasteiger partial charge in [-0.05, 0) is 83.7 Å². The number of fused-ring (bicyclic) bond motifs is 3. The van der Waals surface area contributed by atoms with Crippen LogP contribution in [0.1, 0.15) is 93.4 Å². The smallest absolute Gasteiger partial charge is 0.167 e. The van der Waals surface area contributed by atoms with Gasteiger partial charge in [-0.2, -0.15) is 0 Å². The Morgan fingerprint density at radius 2 is 1.31 bits per heavy atom. The molecule has 0 saturated heterocycles. The molecule has 35 heavy (non-hydrogen) atoms. The summed E-state index contributed by atoms with van der Waals surface area (Å²) in [4.78, 5) is 0. The highest BCUT2D eigenvalue weighted by Gasteiger charge is 2.33. The van der Waals surface area contributed by atoms with Gasteiger partial charge in [0.1, 0.15) is 0 Å². The Morgan fingerprint density at radius 3 is 1.91 bits per heavy atom. The van der Waals surface area contributed by atoms with Gasteiger partial charge in [0.25, 0.3) is 0 Å². The van der Waals surface area contributed by atoms with E-state index in [0.717, 1.165) is 18.8 Å². The molecule has 0 nitrogen and oxygen atoms in total. The highest BCUT2D eigenvalue weighted by atomic mass is 19.2. The van der Waals surface area contributed by atoms with E-state index in [1.54, 1.807) is 12.1 Å². The first-order valence-corrected chi connectivity index (χ1v) is 13.0. The van der Waals surface area contributed by atoms with Gasteiger partial charge in [-0.3, -0.25) is 0 Å². The molecule has 0 unspecified atom stereocenters. The van der Waals surface area contributed by atoms with Crippen LogP contribution in [0.15, 0.2) is 36.4 Å². The molecule has 2 aliphatic rings. The Balaban J connectivity index is 1.52. The molecule has 1 saturated carbocycles. The third kappa shape index (κ3) is 4.09. The molecule has 0 spiro atoms. The predicted molar refractivity (Wildman–Crippen MR) is 134 cm³/mol. The Labute approximate surface area is 205 Å². The summed E-state index contributed by atoms with van der Waals surface area (Å²) in [5.74, 6) is -2.96. The van der Waals surface area contributed by atoms with Crippen molar-refractivity contribution >= 4 is 0 Å². The maximum absolute atomic E-state index is 15.4. The van der Waals surface area contributed by atoms with E-state index < -0.39 is 23.3 Å². The van der Waals surface area contributed by atoms with E-state index in [0.29, 0.717) is 41.0 Å². The highest BCUT2D eigenvalue weighted by molar-refractivity contribution is 5.82. The van der Waals surface area contributed by atoms with Crippen molar-refractivity contribution in [2.75, 3.05) is 0 Å². The van der Waals surface area contributed by atoms with Gasteiger partial charge < -0.3 is 0 Å². The summed E-state index contributed by atoms with van der Waals surface area (Å²) in [5.41, 5.74) is 3.09. The fourth-order valence-corrected chi connectivity index (χ4v) is 6.17. The summed E-state index contributed by atoms with van der Waals surface area (Å²) >= 11 is 0. The van der Waals surface area contributed by atoms with Crippen LogP contribution in [0, 0.1) is 29.2 Å². The normalized spacial score (nSPS) is 19.2. The van der Waals surface area contributed by atoms with Crippen LogP contribution in [0.3, 0.4) is 0 Å². The summed E-state index contributed by atoms with van der Waals surface area (Å²) in [7, 11) is 0. The summed E-state index contributed by atoms with van der Waals surface area (Å²) in [6.45, 7) is 6.17. The average Bonchev–Trinajstić information content (AvgIpc) is 3.24. The van der Waals surface area contributed by atoms with Crippen molar-refractivity contribution < 1.29 is 17.6 Å². The van der Waals surface area contributed by atoms with Gasteiger partial charge in [0.2, 0.25) is 0 Å². The van der Waals surface area contributed by atoms with Crippen molar-refractivity contribution in [3.8, 4) is 22.3 Å². The van der Waals surface area contributed by atoms with Crippen LogP contribution in [-0.4, -0.2) is 0 Å². The monoisotopic (exact) mass is 480 g/mol. The molecule has 0 aliphatic heterocycles. The average molecular weight is 481 g/mol. The van der Waals surface area contributed by atoms with Crippen molar-refractivity contribution in [1.82, 2.24) is 0 Å². The van der Waals surface area contributed by atoms with Gasteiger partial charge in [-0.25, -0.2) is 17.6 Å². The van der Waals surface area contributed by atoms with E-state index in [9.17, 15) is 4.39 Å². The van der Waals surface area contributed by atoms with E-state index in [1.165, 1.54) is 18.4 Å². The second kappa shape index (κ2) is 9.44. The first kappa shape index (κ1) is 24.1. The summed E-state index contributed by atoms with van der Waals surface area (Å²) in [6, 6.07) is 11.0. The van der Waals surface area contributed by atoms with E-state index in [1.807, 2.05) is 38.1 Å². The fraction of sp³-hybridized carbons (Fsp3) is 0.419. The molecule has 3 aromatic carbocycles. The van der Waals surface area contributed by atoms with E-state index in [4.69, 9.17) is 0 Å². The summed E-state index contributed by atoms with van der Waals surface area (Å²) in [6.07, 6.45) is 6.37. The minimum Gasteiger partial charge on any atom is -0.203 e. The largest absolute Gasteiger partial charge is 0.203 e. The number of benzene rings is 3. The lowest BCUT2D eigenvalue weighted by Crippen LogP contribution is -2.10. The molecule has 0 heterocycles. The maximum Gasteiger partial charge on any atom is 0.167 e. The van der Waals surface area contributed by atoms with Gasteiger partial charge in [0.05, 0.1) is 0 Å². The molecule has 0 amide bonds. The standard InChI is InChI=1S/C31H32F4/c1-4-18(5-2)24-15-22-14-23-16-25(29(33)31(35)27(23)26(22)30(34)28(24)32)21-12-10-20(11-13-21)19-8-6-17(3)7-9-19/h10-13,15-19H,4-9,14H2,1-3H3. The number of halogens is 4. The molecular weight excluding hydrogens is 448 g/mol. The van der Waals surface area contributed by atoms with E-state index in [2.05, 4.69) is 6.92 Å². The van der Waals surface area contributed by atoms with Gasteiger partial charge >= 0.3 is 0 Å². The first-order chi connectivity index (χ1) is 16.8. The quantitative estimate of drug-likeness (QED) is 0.249. The van der Waals surface area contributed by atoms with E-state index in [-0.39, 0.29) is 29.0 Å². The molecule has 4 heteroatoms. The third-order valence-electron chi connectivity index (χ3n) is 8.37. The second-order valence-electron chi connectivity index (χ2n) is 10.5. The Morgan fingerprint density at radius 1 is 0.743 bits per heavy atom. The van der Waals surface area contributed by atoms with Crippen molar-refractivity contribution in [1.29, 1.82) is 0 Å². The highest BCUT2D eigenvalue weighted by Crippen LogP contribution is 2.46. The van der Waals surface area contributed by atoms with Gasteiger partial charge in [0, 0.05) is 16.7 Å². The zero-order valence-corrected chi connectivity index (χ0v) is 20.7. The van der Waals surface area contributed by atoms with Gasteiger partial charge in [-0.1, -0.05) is 63.9 Å². The number of rotatable bonds is 5. The van der Waals surface area contributed by atoms with Crippen LogP contribution in [0.4, 0.5) is 17.6 Å². The topological polar surface area (TPSA) is 0 Å². The minimum atomic E-state index is -1.10. The lowest BCUT2D eigenvalue weighted by molar-refractivity contribution is 0.348. The maximum atomic E-state index is 15.4. The van der Waals surface area contributed by atoms with Crippen LogP contribution in [0.25, 0.3) is 22.3 Å². The van der Waals surface area contributed by atoms with Crippen LogP contribution in [0.2, 0.25) is 0 Å². The van der Waals surface area contributed by atoms with Crippen molar-refractivity contribution in [2.45, 2.75) is 77.6 Å². The lowest BCUT2D eigenvalue weighted by Gasteiger charge is -2.26. The SMILES string of the molecule is CCC(CC)c1cc2c(c(F)c1F)-c1c(cc(-c3ccc(C4CCC(C)CC4)cc3)c(F)c1F)C2. The molecule has 2 aliphatic carbocycles. The zero-order valence-electron chi connectivity index (χ0n) is 20.7. The fourth-order valence-electron chi connectivity index (χ4n) is 6.17. The molecule has 5 rings (SSSR count). The predicted octanol–water partition coefficient (Wildman–Crippen LogP) is 9.68. The number of hydrogen-bond donors (Lipinski definition) is 0. The van der Waals surface area contributed by atoms with E-state index >= 15 is 13.2 Å². The molecule has 184 valence electrons. The van der Waals surface area contributed by atoms with Crippen LogP contribution in [-0.2, 0) is 6.42 Å². The van der Waals surface area contributed by atoms with Gasteiger partial charge in [-0.15, -0.1) is 0 Å². The van der Waals surface area contributed by atoms with Crippen LogP contribution in [0.5, 0.6) is 0 Å². The van der Waals surface area contributed by atoms with Crippen molar-refractivity contribution in [2.24, 2.45) is 5.92 Å². The molecule has 0 N–H and O–H groups in total. The Hall–Kier alpha value is -2.62. The zero-order chi connectivity index (χ0) is 24.9. The second-order valence-corrected chi connectivity index (χ2v) is 10.5. The molecule has 0 radical (unpaired) electrons. The van der Waals surface area contributed by atoms with Crippen molar-refractivity contribution in [3.05, 3.63) is 81.9 Å². The summed E-state index contributed by atoms with van der Waals surface area (Å²) in [5, 5.41) is 0. The Bertz CT molecular complexity index is 1250. The molecule has 0 atom stereocenters.